The molecule has 2 aliphatic rings. The number of unbranched alkanes of at least 4 members (excludes halogenated alkanes) is 1. The summed E-state index contributed by atoms with van der Waals surface area (Å²) in [6, 6.07) is 15.6. The average Bonchev–Trinajstić information content (AvgIpc) is 3.51. The van der Waals surface area contributed by atoms with Crippen LogP contribution in [-0.2, 0) is 33.2 Å². The molecule has 1 amide bonds. The summed E-state index contributed by atoms with van der Waals surface area (Å²) < 4.78 is 33.4. The molecule has 0 spiro atoms. The number of alkyl carbamates (subject to hydrolysis) is 1. The van der Waals surface area contributed by atoms with Crippen molar-refractivity contribution in [2.24, 2.45) is 0 Å². The molecule has 14 nitrogen and oxygen atoms in total. The maximum atomic E-state index is 12.7. The molecule has 316 valence electrons. The van der Waals surface area contributed by atoms with Gasteiger partial charge in [-0.3, -0.25) is 15.4 Å². The normalized spacial score (nSPS) is 16.6. The first-order valence-electron chi connectivity index (χ1n) is 20.5. The van der Waals surface area contributed by atoms with Crippen molar-refractivity contribution in [3.63, 3.8) is 0 Å². The lowest BCUT2D eigenvalue weighted by Crippen LogP contribution is -2.37. The van der Waals surface area contributed by atoms with Crippen LogP contribution in [0.5, 0.6) is 0 Å². The van der Waals surface area contributed by atoms with E-state index in [0.717, 1.165) is 47.9 Å². The Labute approximate surface area is 337 Å². The molecule has 4 atom stereocenters. The Kier molecular flexibility index (Phi) is 22.6. The first-order valence-corrected chi connectivity index (χ1v) is 20.5. The van der Waals surface area contributed by atoms with Gasteiger partial charge in [-0.05, 0) is 60.9 Å². The molecule has 0 saturated carbocycles. The predicted octanol–water partition coefficient (Wildman–Crippen LogP) is 4.16. The molecule has 2 aromatic rings. The van der Waals surface area contributed by atoms with Crippen LogP contribution in [0, 0.1) is 11.8 Å². The molecule has 0 heterocycles. The lowest BCUT2D eigenvalue weighted by atomic mass is 9.98. The van der Waals surface area contributed by atoms with Crippen molar-refractivity contribution in [2.45, 2.75) is 94.7 Å². The standard InChI is InChI=1S/C43H63N3O11/c47-40(19-22-52-24-26-54-28-29-55-27-25-53-23-21-45-41(48)32-56-34-13-4-2-1-3-5-14-34)44-20-11-10-12-33(30-42(49)50)46-43(51)57-31-39-37-17-8-6-15-35(37)36-16-7-9-18-38(36)39/h6-9,15-18,33-34,39-41,44-45,47-48H,1-4,10-13,19-32H2,(H,46,51)(H,49,50)/t33-,34-,40-,41-/m1/s1. The zero-order valence-corrected chi connectivity index (χ0v) is 33.2. The number of hydrogen-bond donors (Lipinski definition) is 6. The van der Waals surface area contributed by atoms with Crippen molar-refractivity contribution in [1.82, 2.24) is 16.0 Å². The number of ether oxygens (including phenoxy) is 6. The average molecular weight is 798 g/mol. The van der Waals surface area contributed by atoms with E-state index in [1.807, 2.05) is 36.4 Å². The van der Waals surface area contributed by atoms with Crippen LogP contribution in [-0.4, -0.2) is 131 Å². The molecular formula is C43H63N3O11. The monoisotopic (exact) mass is 797 g/mol. The van der Waals surface area contributed by atoms with Crippen LogP contribution in [0.1, 0.15) is 81.3 Å². The number of carboxylic acids is 1. The third kappa shape index (κ3) is 18.7. The number of carbonyl (C=O) groups excluding carboxylic acids is 1. The smallest absolute Gasteiger partial charge is 0.407 e. The second kappa shape index (κ2) is 27.9. The topological polar surface area (TPSA) is 186 Å². The molecule has 57 heavy (non-hydrogen) atoms. The Morgan fingerprint density at radius 2 is 1.37 bits per heavy atom. The highest BCUT2D eigenvalue weighted by Crippen LogP contribution is 2.44. The fourth-order valence-electron chi connectivity index (χ4n) is 6.75. The Balaban J connectivity index is 0.915. The summed E-state index contributed by atoms with van der Waals surface area (Å²) in [7, 11) is 0. The number of aliphatic carboxylic acids is 1. The van der Waals surface area contributed by atoms with Crippen molar-refractivity contribution in [3.05, 3.63) is 59.7 Å². The van der Waals surface area contributed by atoms with E-state index in [0.29, 0.717) is 91.6 Å². The summed E-state index contributed by atoms with van der Waals surface area (Å²) in [6.07, 6.45) is 5.05. The third-order valence-corrected chi connectivity index (χ3v) is 9.71. The number of nitrogens with one attached hydrogen (secondary N) is 3. The summed E-state index contributed by atoms with van der Waals surface area (Å²) in [4.78, 5) is 24.2. The van der Waals surface area contributed by atoms with Crippen molar-refractivity contribution in [3.8, 4) is 23.0 Å². The number of amides is 1. The molecule has 0 aromatic heterocycles. The Bertz CT molecular complexity index is 1460. The maximum absolute atomic E-state index is 12.7. The van der Waals surface area contributed by atoms with Gasteiger partial charge in [-0.2, -0.15) is 0 Å². The molecule has 6 N–H and O–H groups in total. The minimum atomic E-state index is -0.997. The zero-order chi connectivity index (χ0) is 40.3. The SMILES string of the molecule is O=C(O)C[C@@H](CCCCN[C@H](O)CCOCCOCCOCCOCCN[C@H](O)CO[C@H]1C#CCCCCC1)NC(=O)OCC1c2ccccc2-c2ccccc21. The number of benzene rings is 2. The third-order valence-electron chi connectivity index (χ3n) is 9.71. The highest BCUT2D eigenvalue weighted by atomic mass is 16.6. The van der Waals surface area contributed by atoms with E-state index in [2.05, 4.69) is 39.9 Å². The lowest BCUT2D eigenvalue weighted by molar-refractivity contribution is -0.137. The summed E-state index contributed by atoms with van der Waals surface area (Å²) in [5.74, 6) is 5.19. The van der Waals surface area contributed by atoms with E-state index in [4.69, 9.17) is 28.4 Å². The van der Waals surface area contributed by atoms with Crippen LogP contribution in [0.2, 0.25) is 0 Å². The minimum Gasteiger partial charge on any atom is -0.481 e. The molecule has 4 rings (SSSR count). The van der Waals surface area contributed by atoms with Gasteiger partial charge in [0.25, 0.3) is 0 Å². The van der Waals surface area contributed by atoms with Crippen molar-refractivity contribution < 1.29 is 53.3 Å². The molecule has 2 aliphatic carbocycles. The van der Waals surface area contributed by atoms with Gasteiger partial charge in [-0.15, -0.1) is 5.92 Å². The van der Waals surface area contributed by atoms with Gasteiger partial charge in [-0.25, -0.2) is 4.79 Å². The number of rotatable bonds is 30. The maximum Gasteiger partial charge on any atom is 0.407 e. The van der Waals surface area contributed by atoms with Crippen molar-refractivity contribution in [1.29, 1.82) is 0 Å². The lowest BCUT2D eigenvalue weighted by Gasteiger charge is -2.19. The summed E-state index contributed by atoms with van der Waals surface area (Å²) >= 11 is 0. The van der Waals surface area contributed by atoms with Gasteiger partial charge in [0, 0.05) is 31.3 Å². The summed E-state index contributed by atoms with van der Waals surface area (Å²) in [5.41, 5.74) is 4.49. The first-order chi connectivity index (χ1) is 27.9. The van der Waals surface area contributed by atoms with Gasteiger partial charge < -0.3 is 49.1 Å². The second-order valence-corrected chi connectivity index (χ2v) is 14.2. The largest absolute Gasteiger partial charge is 0.481 e. The number of aliphatic hydroxyl groups excluding tert-OH is 2. The number of carbonyl (C=O) groups is 2. The number of fused-ring (bicyclic) bond motifs is 3. The molecule has 0 unspecified atom stereocenters. The quantitative estimate of drug-likeness (QED) is 0.0377. The molecule has 0 saturated heterocycles. The van der Waals surface area contributed by atoms with Gasteiger partial charge >= 0.3 is 12.1 Å². The van der Waals surface area contributed by atoms with Gasteiger partial charge in [0.15, 0.2) is 0 Å². The van der Waals surface area contributed by atoms with Crippen LogP contribution >= 0.6 is 0 Å². The van der Waals surface area contributed by atoms with E-state index in [1.165, 1.54) is 6.42 Å². The molecule has 14 heteroatoms. The van der Waals surface area contributed by atoms with Crippen molar-refractivity contribution >= 4 is 12.1 Å². The first kappa shape index (κ1) is 46.1. The van der Waals surface area contributed by atoms with Gasteiger partial charge in [-0.1, -0.05) is 67.3 Å². The molecule has 0 bridgehead atoms. The summed E-state index contributed by atoms with van der Waals surface area (Å²) in [5, 5.41) is 38.4. The fraction of sp³-hybridized carbons (Fsp3) is 0.628. The summed E-state index contributed by atoms with van der Waals surface area (Å²) in [6.45, 7) is 4.77. The van der Waals surface area contributed by atoms with Crippen molar-refractivity contribution in [2.75, 3.05) is 79.2 Å². The fourth-order valence-corrected chi connectivity index (χ4v) is 6.75. The van der Waals surface area contributed by atoms with E-state index >= 15 is 0 Å². The Morgan fingerprint density at radius 1 is 0.737 bits per heavy atom. The molecule has 2 aromatic carbocycles. The Morgan fingerprint density at radius 3 is 2.05 bits per heavy atom. The van der Waals surface area contributed by atoms with Crippen LogP contribution < -0.4 is 16.0 Å². The molecule has 0 fully saturated rings. The van der Waals surface area contributed by atoms with Crippen LogP contribution in [0.3, 0.4) is 0 Å². The molecule has 0 radical (unpaired) electrons. The van der Waals surface area contributed by atoms with E-state index in [9.17, 15) is 24.9 Å². The second-order valence-electron chi connectivity index (χ2n) is 14.2. The van der Waals surface area contributed by atoms with Crippen LogP contribution in [0.15, 0.2) is 48.5 Å². The highest BCUT2D eigenvalue weighted by molar-refractivity contribution is 5.79. The van der Waals surface area contributed by atoms with Gasteiger partial charge in [0.2, 0.25) is 0 Å². The number of carboxylic acid groups (broad SMARTS) is 1. The zero-order valence-electron chi connectivity index (χ0n) is 33.2. The van der Waals surface area contributed by atoms with Crippen LogP contribution in [0.25, 0.3) is 11.1 Å². The predicted molar refractivity (Wildman–Crippen MR) is 215 cm³/mol. The Hall–Kier alpha value is -3.62. The molecular weight excluding hydrogens is 734 g/mol. The number of hydrogen-bond acceptors (Lipinski definition) is 12. The number of aliphatic hydroxyl groups is 2. The van der Waals surface area contributed by atoms with E-state index < -0.39 is 30.6 Å². The van der Waals surface area contributed by atoms with Crippen LogP contribution in [0.4, 0.5) is 4.79 Å². The molecule has 0 aliphatic heterocycles. The highest BCUT2D eigenvalue weighted by Gasteiger charge is 2.29. The van der Waals surface area contributed by atoms with E-state index in [1.54, 1.807) is 0 Å². The van der Waals surface area contributed by atoms with Gasteiger partial charge in [0.05, 0.1) is 65.9 Å². The minimum absolute atomic E-state index is 0.0781. The van der Waals surface area contributed by atoms with Gasteiger partial charge in [0.1, 0.15) is 25.2 Å². The van der Waals surface area contributed by atoms with E-state index in [-0.39, 0.29) is 31.7 Å².